The van der Waals surface area contributed by atoms with E-state index in [-0.39, 0.29) is 15.9 Å². The van der Waals surface area contributed by atoms with Crippen LogP contribution in [0.5, 0.6) is 11.5 Å². The number of carbonyl (C=O) groups excluding carboxylic acids is 1. The van der Waals surface area contributed by atoms with Gasteiger partial charge in [-0.15, -0.1) is 0 Å². The summed E-state index contributed by atoms with van der Waals surface area (Å²) < 4.78 is 38.2. The molecule has 1 amide bonds. The highest BCUT2D eigenvalue weighted by atomic mass is 32.2. The van der Waals surface area contributed by atoms with Crippen LogP contribution in [0.1, 0.15) is 23.1 Å². The Morgan fingerprint density at radius 2 is 1.86 bits per heavy atom. The van der Waals surface area contributed by atoms with Crippen LogP contribution in [0.3, 0.4) is 0 Å². The molecule has 1 aromatic heterocycles. The minimum Gasteiger partial charge on any atom is -0.493 e. The number of hydrogen-bond acceptors (Lipinski definition) is 9. The fourth-order valence-electron chi connectivity index (χ4n) is 2.85. The molecule has 0 aliphatic heterocycles. The fourth-order valence-corrected chi connectivity index (χ4v) is 4.28. The summed E-state index contributed by atoms with van der Waals surface area (Å²) in [7, 11) is -3.58. The van der Waals surface area contributed by atoms with Gasteiger partial charge in [-0.05, 0) is 54.8 Å². The second-order valence-electron chi connectivity index (χ2n) is 7.67. The highest BCUT2D eigenvalue weighted by Gasteiger charge is 2.17. The molecule has 3 rings (SSSR count). The quantitative estimate of drug-likeness (QED) is 0.245. The molecule has 35 heavy (non-hydrogen) atoms. The van der Waals surface area contributed by atoms with Crippen molar-refractivity contribution in [1.82, 2.24) is 9.36 Å². The topological polar surface area (TPSA) is 131 Å². The number of amides is 1. The Morgan fingerprint density at radius 1 is 1.14 bits per heavy atom. The van der Waals surface area contributed by atoms with Crippen LogP contribution in [0.15, 0.2) is 53.2 Å². The normalized spacial score (nSPS) is 11.5. The molecule has 0 atom stereocenters. The molecule has 0 radical (unpaired) electrons. The van der Waals surface area contributed by atoms with E-state index in [0.29, 0.717) is 30.9 Å². The number of nitriles is 1. The monoisotopic (exact) mass is 512 g/mol. The Balaban J connectivity index is 1.50. The van der Waals surface area contributed by atoms with Crippen molar-refractivity contribution in [2.24, 2.45) is 0 Å². The van der Waals surface area contributed by atoms with Gasteiger partial charge in [0.25, 0.3) is 11.1 Å². The van der Waals surface area contributed by atoms with Crippen LogP contribution in [0.4, 0.5) is 5.13 Å². The van der Waals surface area contributed by atoms with Crippen LogP contribution in [0.25, 0.3) is 6.08 Å². The van der Waals surface area contributed by atoms with Gasteiger partial charge in [0.05, 0.1) is 13.2 Å². The molecular weight excluding hydrogens is 488 g/mol. The Labute approximate surface area is 208 Å². The van der Waals surface area contributed by atoms with Crippen molar-refractivity contribution in [1.29, 1.82) is 5.26 Å². The van der Waals surface area contributed by atoms with E-state index in [2.05, 4.69) is 14.7 Å². The van der Waals surface area contributed by atoms with E-state index >= 15 is 0 Å². The summed E-state index contributed by atoms with van der Waals surface area (Å²) in [5.41, 5.74) is 2.69. The molecule has 11 heteroatoms. The van der Waals surface area contributed by atoms with Gasteiger partial charge < -0.3 is 9.47 Å². The van der Waals surface area contributed by atoms with E-state index in [9.17, 15) is 18.5 Å². The molecule has 0 bridgehead atoms. The van der Waals surface area contributed by atoms with Gasteiger partial charge in [-0.25, -0.2) is 8.42 Å². The first-order valence-corrected chi connectivity index (χ1v) is 13.2. The zero-order valence-corrected chi connectivity index (χ0v) is 21.1. The summed E-state index contributed by atoms with van der Waals surface area (Å²) >= 11 is 0.717. The third-order valence-electron chi connectivity index (χ3n) is 4.67. The van der Waals surface area contributed by atoms with Gasteiger partial charge in [-0.1, -0.05) is 24.3 Å². The van der Waals surface area contributed by atoms with E-state index in [1.807, 2.05) is 38.1 Å². The first kappa shape index (κ1) is 25.9. The van der Waals surface area contributed by atoms with Gasteiger partial charge in [0.2, 0.25) is 15.0 Å². The number of hydrogen-bond donors (Lipinski definition) is 1. The van der Waals surface area contributed by atoms with Crippen LogP contribution >= 0.6 is 11.5 Å². The van der Waals surface area contributed by atoms with E-state index < -0.39 is 15.7 Å². The van der Waals surface area contributed by atoms with Gasteiger partial charge in [-0.3, -0.25) is 10.1 Å². The first-order chi connectivity index (χ1) is 16.7. The lowest BCUT2D eigenvalue weighted by Crippen LogP contribution is -2.13. The summed E-state index contributed by atoms with van der Waals surface area (Å²) in [5, 5.41) is 11.4. The number of aryl methyl sites for hydroxylation is 2. The molecule has 0 aliphatic rings. The van der Waals surface area contributed by atoms with E-state index in [0.717, 1.165) is 34.7 Å². The van der Waals surface area contributed by atoms with E-state index in [4.69, 9.17) is 9.47 Å². The number of sulfone groups is 1. The summed E-state index contributed by atoms with van der Waals surface area (Å²) in [6.45, 7) is 5.04. The Morgan fingerprint density at radius 3 is 2.51 bits per heavy atom. The number of benzene rings is 2. The number of aromatic nitrogens is 2. The molecule has 0 spiro atoms. The van der Waals surface area contributed by atoms with Crippen molar-refractivity contribution in [3.05, 3.63) is 64.7 Å². The number of anilines is 1. The molecule has 1 heterocycles. The fraction of sp³-hybridized carbons (Fsp3) is 0.250. The standard InChI is InChI=1S/C24H24N4O5S2/c1-16-5-6-17(2)21(13-16)33-12-4-11-32-20-9-7-18(8-10-20)14-19(15-25)22(29)26-23-27-24(28-34-23)35(3,30)31/h5-10,13-14H,4,11-12H2,1-3H3,(H,26,27,28,29). The number of nitrogens with one attached hydrogen (secondary N) is 1. The van der Waals surface area contributed by atoms with Crippen LogP contribution in [-0.4, -0.2) is 43.2 Å². The third kappa shape index (κ3) is 7.63. The summed E-state index contributed by atoms with van der Waals surface area (Å²) in [6, 6.07) is 14.9. The van der Waals surface area contributed by atoms with Crippen molar-refractivity contribution in [2.75, 3.05) is 24.8 Å². The van der Waals surface area contributed by atoms with Crippen molar-refractivity contribution < 1.29 is 22.7 Å². The molecule has 2 aromatic carbocycles. The SMILES string of the molecule is Cc1ccc(C)c(OCCCOc2ccc(C=C(C#N)C(=O)Nc3nc(S(C)(=O)=O)ns3)cc2)c1. The average Bonchev–Trinajstić information content (AvgIpc) is 3.29. The lowest BCUT2D eigenvalue weighted by atomic mass is 10.1. The third-order valence-corrected chi connectivity index (χ3v) is 6.27. The number of rotatable bonds is 10. The van der Waals surface area contributed by atoms with Crippen molar-refractivity contribution in [3.63, 3.8) is 0 Å². The van der Waals surface area contributed by atoms with Crippen LogP contribution in [-0.2, 0) is 14.6 Å². The molecule has 0 saturated carbocycles. The molecule has 3 aromatic rings. The van der Waals surface area contributed by atoms with E-state index in [1.165, 1.54) is 6.08 Å². The van der Waals surface area contributed by atoms with Crippen molar-refractivity contribution in [3.8, 4) is 17.6 Å². The zero-order chi connectivity index (χ0) is 25.4. The number of ether oxygens (including phenoxy) is 2. The van der Waals surface area contributed by atoms with Gasteiger partial charge >= 0.3 is 0 Å². The molecular formula is C24H24N4O5S2. The molecule has 9 nitrogen and oxygen atoms in total. The van der Waals surface area contributed by atoms with Crippen LogP contribution in [0.2, 0.25) is 0 Å². The Hall–Kier alpha value is -3.75. The van der Waals surface area contributed by atoms with Gasteiger partial charge in [0.15, 0.2) is 0 Å². The van der Waals surface area contributed by atoms with Crippen LogP contribution < -0.4 is 14.8 Å². The maximum Gasteiger partial charge on any atom is 0.268 e. The molecule has 182 valence electrons. The number of nitrogens with zero attached hydrogens (tertiary/aromatic N) is 3. The molecule has 0 saturated heterocycles. The van der Waals surface area contributed by atoms with Crippen molar-refractivity contribution >= 4 is 38.5 Å². The predicted octanol–water partition coefficient (Wildman–Crippen LogP) is 3.95. The Bertz CT molecular complexity index is 1370. The molecule has 0 unspecified atom stereocenters. The van der Waals surface area contributed by atoms with Gasteiger partial charge in [-0.2, -0.15) is 14.6 Å². The second-order valence-corrected chi connectivity index (χ2v) is 10.3. The smallest absolute Gasteiger partial charge is 0.268 e. The van der Waals surface area contributed by atoms with Gasteiger partial charge in [0, 0.05) is 24.2 Å². The molecule has 0 fully saturated rings. The lowest BCUT2D eigenvalue weighted by Gasteiger charge is -2.11. The number of carbonyl (C=O) groups is 1. The zero-order valence-electron chi connectivity index (χ0n) is 19.4. The highest BCUT2D eigenvalue weighted by molar-refractivity contribution is 7.90. The summed E-state index contributed by atoms with van der Waals surface area (Å²) in [6.07, 6.45) is 3.09. The maximum atomic E-state index is 12.4. The summed E-state index contributed by atoms with van der Waals surface area (Å²) in [5.74, 6) is 0.812. The lowest BCUT2D eigenvalue weighted by molar-refractivity contribution is -0.112. The highest BCUT2D eigenvalue weighted by Crippen LogP contribution is 2.20. The molecule has 0 aliphatic carbocycles. The minimum atomic E-state index is -3.58. The first-order valence-electron chi connectivity index (χ1n) is 10.6. The van der Waals surface area contributed by atoms with Gasteiger partial charge in [0.1, 0.15) is 23.1 Å². The average molecular weight is 513 g/mol. The van der Waals surface area contributed by atoms with Crippen molar-refractivity contribution in [2.45, 2.75) is 25.4 Å². The van der Waals surface area contributed by atoms with E-state index in [1.54, 1.807) is 24.3 Å². The predicted molar refractivity (Wildman–Crippen MR) is 133 cm³/mol. The largest absolute Gasteiger partial charge is 0.493 e. The maximum absolute atomic E-state index is 12.4. The molecule has 1 N–H and O–H groups in total. The Kier molecular flexibility index (Phi) is 8.57. The minimum absolute atomic E-state index is 0.0122. The summed E-state index contributed by atoms with van der Waals surface area (Å²) in [4.78, 5) is 16.1. The second kappa shape index (κ2) is 11.6. The van der Waals surface area contributed by atoms with Crippen LogP contribution in [0, 0.1) is 25.2 Å².